The molecule has 0 spiro atoms. The second-order valence-electron chi connectivity index (χ2n) is 2.76. The van der Waals surface area contributed by atoms with Crippen molar-refractivity contribution in [3.63, 3.8) is 0 Å². The summed E-state index contributed by atoms with van der Waals surface area (Å²) in [6, 6.07) is 2.55. The maximum Gasteiger partial charge on any atom is 0.416 e. The Balaban J connectivity index is 3.40. The molecule has 0 saturated carbocycles. The monoisotopic (exact) mass is 203 g/mol. The predicted molar refractivity (Wildman–Crippen MR) is 40.9 cm³/mol. The van der Waals surface area contributed by atoms with Crippen LogP contribution >= 0.6 is 0 Å². The third-order valence-corrected chi connectivity index (χ3v) is 1.70. The van der Waals surface area contributed by atoms with E-state index in [9.17, 15) is 17.6 Å². The first-order valence-electron chi connectivity index (χ1n) is 3.63. The summed E-state index contributed by atoms with van der Waals surface area (Å²) < 4.78 is 49.5. The first-order valence-corrected chi connectivity index (χ1v) is 3.63. The van der Waals surface area contributed by atoms with Crippen LogP contribution in [0.1, 0.15) is 16.7 Å². The Bertz CT molecular complexity index is 400. The van der Waals surface area contributed by atoms with Gasteiger partial charge in [0, 0.05) is 0 Å². The Hall–Kier alpha value is -1.57. The summed E-state index contributed by atoms with van der Waals surface area (Å²) in [6.07, 6.45) is -4.55. The predicted octanol–water partition coefficient (Wildman–Crippen LogP) is 3.02. The molecule has 0 radical (unpaired) electrons. The van der Waals surface area contributed by atoms with Crippen LogP contribution in [-0.2, 0) is 6.18 Å². The first-order chi connectivity index (χ1) is 6.36. The minimum absolute atomic E-state index is 0.184. The van der Waals surface area contributed by atoms with Crippen LogP contribution in [0.4, 0.5) is 17.6 Å². The summed E-state index contributed by atoms with van der Waals surface area (Å²) in [5, 5.41) is 8.38. The highest BCUT2D eigenvalue weighted by Crippen LogP contribution is 2.31. The van der Waals surface area contributed by atoms with Crippen LogP contribution in [0.25, 0.3) is 0 Å². The molecule has 1 rings (SSSR count). The molecule has 0 amide bonds. The molecule has 0 aromatic heterocycles. The van der Waals surface area contributed by atoms with E-state index < -0.39 is 23.1 Å². The van der Waals surface area contributed by atoms with Crippen molar-refractivity contribution < 1.29 is 17.6 Å². The lowest BCUT2D eigenvalue weighted by Crippen LogP contribution is -2.07. The van der Waals surface area contributed by atoms with Crippen LogP contribution < -0.4 is 0 Å². The van der Waals surface area contributed by atoms with Gasteiger partial charge in [0.1, 0.15) is 11.9 Å². The molecule has 0 aliphatic heterocycles. The van der Waals surface area contributed by atoms with Gasteiger partial charge in [-0.1, -0.05) is 0 Å². The van der Waals surface area contributed by atoms with E-state index in [0.717, 1.165) is 0 Å². The fourth-order valence-corrected chi connectivity index (χ4v) is 1.01. The Morgan fingerprint density at radius 3 is 2.29 bits per heavy atom. The molecule has 0 aliphatic carbocycles. The van der Waals surface area contributed by atoms with Crippen LogP contribution in [0.3, 0.4) is 0 Å². The molecule has 0 aliphatic rings. The molecule has 14 heavy (non-hydrogen) atoms. The van der Waals surface area contributed by atoms with Crippen molar-refractivity contribution in [2.24, 2.45) is 0 Å². The first kappa shape index (κ1) is 10.5. The molecule has 1 nitrogen and oxygen atoms in total. The summed E-state index contributed by atoms with van der Waals surface area (Å²) in [7, 11) is 0. The van der Waals surface area contributed by atoms with E-state index in [1.807, 2.05) is 0 Å². The number of aryl methyl sites for hydroxylation is 1. The summed E-state index contributed by atoms with van der Waals surface area (Å²) in [5.74, 6) is -0.902. The summed E-state index contributed by atoms with van der Waals surface area (Å²) in [5.41, 5.74) is -1.78. The number of rotatable bonds is 0. The van der Waals surface area contributed by atoms with Gasteiger partial charge in [-0.15, -0.1) is 0 Å². The number of hydrogen-bond acceptors (Lipinski definition) is 1. The van der Waals surface area contributed by atoms with Gasteiger partial charge in [0.25, 0.3) is 0 Å². The number of halogens is 4. The molecule has 74 valence electrons. The molecule has 0 bridgehead atoms. The SMILES string of the molecule is Cc1cc(C(F)(F)F)cc(C#N)c1F. The van der Waals surface area contributed by atoms with E-state index in [1.54, 1.807) is 0 Å². The van der Waals surface area contributed by atoms with Crippen molar-refractivity contribution in [2.75, 3.05) is 0 Å². The Labute approximate surface area is 77.6 Å². The van der Waals surface area contributed by atoms with Crippen molar-refractivity contribution in [1.29, 1.82) is 5.26 Å². The molecular weight excluding hydrogens is 198 g/mol. The third-order valence-electron chi connectivity index (χ3n) is 1.70. The fourth-order valence-electron chi connectivity index (χ4n) is 1.01. The normalized spacial score (nSPS) is 11.1. The molecule has 5 heteroatoms. The lowest BCUT2D eigenvalue weighted by atomic mass is 10.1. The van der Waals surface area contributed by atoms with E-state index in [2.05, 4.69) is 0 Å². The molecule has 1 aromatic rings. The zero-order valence-electron chi connectivity index (χ0n) is 7.11. The minimum atomic E-state index is -4.55. The second kappa shape index (κ2) is 3.29. The van der Waals surface area contributed by atoms with Gasteiger partial charge in [-0.05, 0) is 24.6 Å². The molecule has 1 aromatic carbocycles. The largest absolute Gasteiger partial charge is 0.416 e. The number of hydrogen-bond donors (Lipinski definition) is 0. The highest BCUT2D eigenvalue weighted by atomic mass is 19.4. The Morgan fingerprint density at radius 1 is 1.29 bits per heavy atom. The highest BCUT2D eigenvalue weighted by Gasteiger charge is 2.31. The van der Waals surface area contributed by atoms with Crippen LogP contribution in [0.15, 0.2) is 12.1 Å². The van der Waals surface area contributed by atoms with E-state index in [-0.39, 0.29) is 5.56 Å². The van der Waals surface area contributed by atoms with Gasteiger partial charge in [0.15, 0.2) is 0 Å². The maximum atomic E-state index is 13.0. The Morgan fingerprint density at radius 2 is 1.86 bits per heavy atom. The van der Waals surface area contributed by atoms with Crippen molar-refractivity contribution >= 4 is 0 Å². The number of nitriles is 1. The molecule has 0 heterocycles. The molecule has 0 N–H and O–H groups in total. The summed E-state index contributed by atoms with van der Waals surface area (Å²) in [6.45, 7) is 1.19. The minimum Gasteiger partial charge on any atom is -0.205 e. The van der Waals surface area contributed by atoms with E-state index in [4.69, 9.17) is 5.26 Å². The van der Waals surface area contributed by atoms with Crippen LogP contribution in [0, 0.1) is 24.1 Å². The van der Waals surface area contributed by atoms with Gasteiger partial charge in [-0.3, -0.25) is 0 Å². The molecular formula is C9H5F4N. The Kier molecular flexibility index (Phi) is 2.47. The lowest BCUT2D eigenvalue weighted by Gasteiger charge is -2.08. The average molecular weight is 203 g/mol. The van der Waals surface area contributed by atoms with Crippen LogP contribution in [-0.4, -0.2) is 0 Å². The van der Waals surface area contributed by atoms with E-state index in [0.29, 0.717) is 12.1 Å². The van der Waals surface area contributed by atoms with E-state index in [1.165, 1.54) is 13.0 Å². The fraction of sp³-hybridized carbons (Fsp3) is 0.222. The van der Waals surface area contributed by atoms with Crippen LogP contribution in [0.2, 0.25) is 0 Å². The average Bonchev–Trinajstić information content (AvgIpc) is 2.07. The topological polar surface area (TPSA) is 23.8 Å². The van der Waals surface area contributed by atoms with Crippen molar-refractivity contribution in [3.8, 4) is 6.07 Å². The van der Waals surface area contributed by atoms with Crippen LogP contribution in [0.5, 0.6) is 0 Å². The number of benzene rings is 1. The van der Waals surface area contributed by atoms with Crippen molar-refractivity contribution in [1.82, 2.24) is 0 Å². The number of alkyl halides is 3. The van der Waals surface area contributed by atoms with Crippen molar-refractivity contribution in [3.05, 3.63) is 34.6 Å². The van der Waals surface area contributed by atoms with Gasteiger partial charge < -0.3 is 0 Å². The van der Waals surface area contributed by atoms with Gasteiger partial charge in [-0.25, -0.2) is 4.39 Å². The van der Waals surface area contributed by atoms with E-state index >= 15 is 0 Å². The molecule has 0 atom stereocenters. The second-order valence-corrected chi connectivity index (χ2v) is 2.76. The summed E-state index contributed by atoms with van der Waals surface area (Å²) in [4.78, 5) is 0. The van der Waals surface area contributed by atoms with Crippen molar-refractivity contribution in [2.45, 2.75) is 13.1 Å². The van der Waals surface area contributed by atoms with Gasteiger partial charge in [-0.2, -0.15) is 18.4 Å². The van der Waals surface area contributed by atoms with Gasteiger partial charge in [0.2, 0.25) is 0 Å². The zero-order chi connectivity index (χ0) is 10.9. The highest BCUT2D eigenvalue weighted by molar-refractivity contribution is 5.39. The molecule has 0 saturated heterocycles. The lowest BCUT2D eigenvalue weighted by molar-refractivity contribution is -0.137. The van der Waals surface area contributed by atoms with Gasteiger partial charge >= 0.3 is 6.18 Å². The third kappa shape index (κ3) is 1.84. The summed E-state index contributed by atoms with van der Waals surface area (Å²) >= 11 is 0. The zero-order valence-corrected chi connectivity index (χ0v) is 7.11. The number of nitrogens with zero attached hydrogens (tertiary/aromatic N) is 1. The standard InChI is InChI=1S/C9H5F4N/c1-5-2-7(9(11,12)13)3-6(4-14)8(5)10/h2-3H,1H3. The smallest absolute Gasteiger partial charge is 0.205 e. The van der Waals surface area contributed by atoms with Gasteiger partial charge in [0.05, 0.1) is 11.1 Å². The molecule has 0 fully saturated rings. The maximum absolute atomic E-state index is 13.0. The quantitative estimate of drug-likeness (QED) is 0.594. The molecule has 0 unspecified atom stereocenters.